The molecule has 2 aliphatic rings. The van der Waals surface area contributed by atoms with Crippen LogP contribution in [0.5, 0.6) is 0 Å². The molecule has 0 radical (unpaired) electrons. The van der Waals surface area contributed by atoms with E-state index in [0.29, 0.717) is 11.9 Å². The summed E-state index contributed by atoms with van der Waals surface area (Å²) in [7, 11) is 0. The molecule has 4 nitrogen and oxygen atoms in total. The van der Waals surface area contributed by atoms with Crippen molar-refractivity contribution in [3.8, 4) is 0 Å². The zero-order valence-corrected chi connectivity index (χ0v) is 14.4. The minimum Gasteiger partial charge on any atom is -0.377 e. The molecule has 0 saturated carbocycles. The van der Waals surface area contributed by atoms with Gasteiger partial charge in [0.1, 0.15) is 0 Å². The molecule has 2 saturated heterocycles. The number of carbonyl (C=O) groups excluding carboxylic acids is 1. The maximum atomic E-state index is 11.7. The predicted molar refractivity (Wildman–Crippen MR) is 91.4 cm³/mol. The summed E-state index contributed by atoms with van der Waals surface area (Å²) in [5, 5.41) is 6.45. The zero-order chi connectivity index (χ0) is 14.0. The van der Waals surface area contributed by atoms with Crippen LogP contribution in [0.3, 0.4) is 0 Å². The molecule has 1 amide bonds. The minimum absolute atomic E-state index is 0. The largest absolute Gasteiger partial charge is 0.377 e. The number of nitrogens with one attached hydrogen (secondary N) is 2. The second kappa shape index (κ2) is 11.6. The van der Waals surface area contributed by atoms with Crippen molar-refractivity contribution < 1.29 is 9.53 Å². The molecule has 2 N–H and O–H groups in total. The first-order valence-electron chi connectivity index (χ1n) is 8.01. The Morgan fingerprint density at radius 2 is 2.19 bits per heavy atom. The normalized spacial score (nSPS) is 25.9. The average Bonchev–Trinajstić information content (AvgIpc) is 2.49. The van der Waals surface area contributed by atoms with Crippen LogP contribution in [0.1, 0.15) is 38.5 Å². The third-order valence-corrected chi connectivity index (χ3v) is 5.16. The molecule has 0 spiro atoms. The van der Waals surface area contributed by atoms with Gasteiger partial charge in [-0.15, -0.1) is 24.2 Å². The first-order valence-corrected chi connectivity index (χ1v) is 9.17. The van der Waals surface area contributed by atoms with Crippen molar-refractivity contribution in [1.82, 2.24) is 10.6 Å². The number of thioether (sulfide) groups is 1. The Labute approximate surface area is 138 Å². The first kappa shape index (κ1) is 19.1. The molecule has 0 aliphatic carbocycles. The van der Waals surface area contributed by atoms with E-state index in [-0.39, 0.29) is 18.3 Å². The van der Waals surface area contributed by atoms with Gasteiger partial charge in [0.25, 0.3) is 0 Å². The lowest BCUT2D eigenvalue weighted by Crippen LogP contribution is -2.33. The van der Waals surface area contributed by atoms with Crippen molar-refractivity contribution in [2.45, 2.75) is 44.6 Å². The lowest BCUT2D eigenvalue weighted by atomic mass is 9.96. The summed E-state index contributed by atoms with van der Waals surface area (Å²) in [6.45, 7) is 3.99. The summed E-state index contributed by atoms with van der Waals surface area (Å²) in [6.07, 6.45) is 7.67. The van der Waals surface area contributed by atoms with Crippen LogP contribution in [0.4, 0.5) is 0 Å². The Kier molecular flexibility index (Phi) is 10.5. The zero-order valence-electron chi connectivity index (χ0n) is 12.8. The fraction of sp³-hybridized carbons (Fsp3) is 0.933. The monoisotopic (exact) mass is 336 g/mol. The minimum atomic E-state index is 0. The SMILES string of the molecule is Cl.O=C(CSCC1CCCCO1)NCCC1CCCNC1. The molecule has 0 aromatic carbocycles. The van der Waals surface area contributed by atoms with Gasteiger partial charge in [-0.05, 0) is 57.5 Å². The first-order chi connectivity index (χ1) is 9.84. The van der Waals surface area contributed by atoms with Crippen LogP contribution >= 0.6 is 24.2 Å². The van der Waals surface area contributed by atoms with Gasteiger partial charge in [0, 0.05) is 18.9 Å². The summed E-state index contributed by atoms with van der Waals surface area (Å²) in [4.78, 5) is 11.7. The summed E-state index contributed by atoms with van der Waals surface area (Å²) in [6, 6.07) is 0. The van der Waals surface area contributed by atoms with Gasteiger partial charge >= 0.3 is 0 Å². The maximum absolute atomic E-state index is 11.7. The topological polar surface area (TPSA) is 50.4 Å². The molecule has 6 heteroatoms. The molecule has 2 heterocycles. The fourth-order valence-electron chi connectivity index (χ4n) is 2.86. The Bertz CT molecular complexity index is 257. The summed E-state index contributed by atoms with van der Waals surface area (Å²) < 4.78 is 5.66. The van der Waals surface area contributed by atoms with Crippen LogP contribution in [0.2, 0.25) is 0 Å². The number of halogens is 1. The standard InChI is InChI=1S/C15H28N2O2S.ClH/c18-15(12-20-11-14-5-1-2-9-19-14)17-8-6-13-4-3-7-16-10-13;/h13-14,16H,1-12H2,(H,17,18);1H. The third kappa shape index (κ3) is 8.29. The van der Waals surface area contributed by atoms with Crippen LogP contribution in [-0.4, -0.2) is 49.8 Å². The molecule has 2 fully saturated rings. The molecule has 2 rings (SSSR count). The van der Waals surface area contributed by atoms with Crippen LogP contribution < -0.4 is 10.6 Å². The lowest BCUT2D eigenvalue weighted by molar-refractivity contribution is -0.118. The molecule has 124 valence electrons. The van der Waals surface area contributed by atoms with Crippen LogP contribution in [0.15, 0.2) is 0 Å². The van der Waals surface area contributed by atoms with E-state index in [1.807, 2.05) is 0 Å². The number of carbonyl (C=O) groups is 1. The number of amides is 1. The lowest BCUT2D eigenvalue weighted by Gasteiger charge is -2.23. The van der Waals surface area contributed by atoms with E-state index in [9.17, 15) is 4.79 Å². The van der Waals surface area contributed by atoms with Crippen molar-refractivity contribution in [2.24, 2.45) is 5.92 Å². The van der Waals surface area contributed by atoms with Crippen molar-refractivity contribution in [3.63, 3.8) is 0 Å². The number of piperidine rings is 1. The van der Waals surface area contributed by atoms with E-state index in [4.69, 9.17) is 4.74 Å². The van der Waals surface area contributed by atoms with Gasteiger partial charge in [-0.25, -0.2) is 0 Å². The smallest absolute Gasteiger partial charge is 0.229 e. The average molecular weight is 337 g/mol. The molecule has 21 heavy (non-hydrogen) atoms. The molecule has 2 aliphatic heterocycles. The van der Waals surface area contributed by atoms with E-state index in [2.05, 4.69) is 10.6 Å². The van der Waals surface area contributed by atoms with E-state index >= 15 is 0 Å². The second-order valence-corrected chi connectivity index (χ2v) is 6.88. The van der Waals surface area contributed by atoms with Gasteiger partial charge in [-0.3, -0.25) is 4.79 Å². The Morgan fingerprint density at radius 1 is 1.29 bits per heavy atom. The molecule has 0 bridgehead atoms. The van der Waals surface area contributed by atoms with Gasteiger partial charge in [0.2, 0.25) is 5.91 Å². The summed E-state index contributed by atoms with van der Waals surface area (Å²) >= 11 is 1.70. The van der Waals surface area contributed by atoms with Gasteiger partial charge in [0.05, 0.1) is 11.9 Å². The van der Waals surface area contributed by atoms with Crippen molar-refractivity contribution in [2.75, 3.05) is 37.7 Å². The quantitative estimate of drug-likeness (QED) is 0.748. The Hall–Kier alpha value is 0.0300. The second-order valence-electron chi connectivity index (χ2n) is 5.85. The van der Waals surface area contributed by atoms with E-state index < -0.39 is 0 Å². The highest BCUT2D eigenvalue weighted by atomic mass is 35.5. The number of hydrogen-bond acceptors (Lipinski definition) is 4. The van der Waals surface area contributed by atoms with E-state index in [1.54, 1.807) is 11.8 Å². The van der Waals surface area contributed by atoms with Gasteiger partial charge in [-0.1, -0.05) is 0 Å². The van der Waals surface area contributed by atoms with Gasteiger partial charge in [0.15, 0.2) is 0 Å². The molecular formula is C15H29ClN2O2S. The Balaban J connectivity index is 0.00000220. The molecule has 0 aromatic heterocycles. The Morgan fingerprint density at radius 3 is 2.90 bits per heavy atom. The predicted octanol–water partition coefficient (Wildman–Crippen LogP) is 2.22. The van der Waals surface area contributed by atoms with Crippen LogP contribution in [0, 0.1) is 5.92 Å². The molecule has 2 atom stereocenters. The molecular weight excluding hydrogens is 308 g/mol. The number of hydrogen-bond donors (Lipinski definition) is 2. The van der Waals surface area contributed by atoms with E-state index in [1.165, 1.54) is 25.7 Å². The molecule has 2 unspecified atom stereocenters. The van der Waals surface area contributed by atoms with Crippen molar-refractivity contribution in [3.05, 3.63) is 0 Å². The van der Waals surface area contributed by atoms with Crippen LogP contribution in [0.25, 0.3) is 0 Å². The highest BCUT2D eigenvalue weighted by Gasteiger charge is 2.15. The van der Waals surface area contributed by atoms with E-state index in [0.717, 1.165) is 50.8 Å². The number of ether oxygens (including phenoxy) is 1. The third-order valence-electron chi connectivity index (χ3n) is 4.08. The number of rotatable bonds is 7. The highest BCUT2D eigenvalue weighted by Crippen LogP contribution is 2.17. The van der Waals surface area contributed by atoms with Crippen LogP contribution in [-0.2, 0) is 9.53 Å². The summed E-state index contributed by atoms with van der Waals surface area (Å²) in [5.74, 6) is 2.45. The van der Waals surface area contributed by atoms with Gasteiger partial charge < -0.3 is 15.4 Å². The summed E-state index contributed by atoms with van der Waals surface area (Å²) in [5.41, 5.74) is 0. The highest BCUT2D eigenvalue weighted by molar-refractivity contribution is 7.99. The molecule has 0 aromatic rings. The fourth-order valence-corrected chi connectivity index (χ4v) is 3.79. The van der Waals surface area contributed by atoms with Crippen molar-refractivity contribution in [1.29, 1.82) is 0 Å². The van der Waals surface area contributed by atoms with Gasteiger partial charge in [-0.2, -0.15) is 0 Å². The maximum Gasteiger partial charge on any atom is 0.229 e. The van der Waals surface area contributed by atoms with Crippen molar-refractivity contribution >= 4 is 30.1 Å².